The van der Waals surface area contributed by atoms with Crippen molar-refractivity contribution < 1.29 is 5.11 Å². The molecule has 1 nitrogen and oxygen atoms in total. The van der Waals surface area contributed by atoms with Crippen molar-refractivity contribution in [3.63, 3.8) is 0 Å². The largest absolute Gasteiger partial charge is 0.385 e. The predicted octanol–water partition coefficient (Wildman–Crippen LogP) is 3.59. The van der Waals surface area contributed by atoms with Crippen LogP contribution in [0.4, 0.5) is 0 Å². The van der Waals surface area contributed by atoms with Gasteiger partial charge in [0.2, 0.25) is 0 Å². The number of halogens is 2. The number of benzene rings is 1. The number of hydrogen-bond donors (Lipinski definition) is 1. The van der Waals surface area contributed by atoms with Gasteiger partial charge in [-0.2, -0.15) is 0 Å². The summed E-state index contributed by atoms with van der Waals surface area (Å²) in [7, 11) is 0. The third-order valence-corrected chi connectivity index (χ3v) is 2.46. The van der Waals surface area contributed by atoms with Crippen molar-refractivity contribution in [2.24, 2.45) is 0 Å². The van der Waals surface area contributed by atoms with E-state index in [1.165, 1.54) is 0 Å². The lowest BCUT2D eigenvalue weighted by Gasteiger charge is -2.23. The average molecular weight is 230 g/mol. The topological polar surface area (TPSA) is 20.2 Å². The van der Waals surface area contributed by atoms with Crippen LogP contribution >= 0.6 is 23.2 Å². The molecular formula is C11H11Cl2O. The molecule has 14 heavy (non-hydrogen) atoms. The van der Waals surface area contributed by atoms with Gasteiger partial charge in [-0.1, -0.05) is 35.3 Å². The summed E-state index contributed by atoms with van der Waals surface area (Å²) in [4.78, 5) is 0. The molecular weight excluding hydrogens is 219 g/mol. The fourth-order valence-electron chi connectivity index (χ4n) is 1.22. The minimum Gasteiger partial charge on any atom is -0.385 e. The van der Waals surface area contributed by atoms with Crippen LogP contribution < -0.4 is 0 Å². The number of hydrogen-bond acceptors (Lipinski definition) is 1. The van der Waals surface area contributed by atoms with Crippen molar-refractivity contribution in [2.45, 2.75) is 12.0 Å². The summed E-state index contributed by atoms with van der Waals surface area (Å²) in [6.07, 6.45) is 1.94. The van der Waals surface area contributed by atoms with E-state index in [0.29, 0.717) is 22.0 Å². The van der Waals surface area contributed by atoms with Crippen molar-refractivity contribution in [2.75, 3.05) is 0 Å². The maximum absolute atomic E-state index is 9.95. The van der Waals surface area contributed by atoms with E-state index in [1.54, 1.807) is 24.3 Å². The Kier molecular flexibility index (Phi) is 3.59. The molecule has 0 aliphatic rings. The van der Waals surface area contributed by atoms with Crippen LogP contribution in [0, 0.1) is 6.92 Å². The van der Waals surface area contributed by atoms with E-state index in [1.807, 2.05) is 0 Å². The van der Waals surface area contributed by atoms with Gasteiger partial charge in [0.05, 0.1) is 5.60 Å². The Morgan fingerprint density at radius 2 is 2.07 bits per heavy atom. The quantitative estimate of drug-likeness (QED) is 0.786. The molecule has 75 valence electrons. The van der Waals surface area contributed by atoms with Gasteiger partial charge < -0.3 is 5.11 Å². The molecule has 0 heterocycles. The standard InChI is InChI=1S/C11H11Cl2O/c1-3-6-11(2,14)9-5-4-8(12)7-10(9)13/h3-5,7,14H,1-2,6H2. The third kappa shape index (κ3) is 2.50. The lowest BCUT2D eigenvalue weighted by atomic mass is 9.93. The second kappa shape index (κ2) is 4.35. The van der Waals surface area contributed by atoms with E-state index in [4.69, 9.17) is 23.2 Å². The van der Waals surface area contributed by atoms with E-state index in [9.17, 15) is 5.11 Å². The summed E-state index contributed by atoms with van der Waals surface area (Å²) in [6.45, 7) is 7.23. The molecule has 1 rings (SSSR count). The molecule has 0 amide bonds. The van der Waals surface area contributed by atoms with E-state index >= 15 is 0 Å². The highest BCUT2D eigenvalue weighted by Crippen LogP contribution is 2.32. The average Bonchev–Trinajstić information content (AvgIpc) is 2.02. The van der Waals surface area contributed by atoms with Crippen LogP contribution in [0.5, 0.6) is 0 Å². The van der Waals surface area contributed by atoms with Crippen molar-refractivity contribution in [3.8, 4) is 0 Å². The zero-order valence-corrected chi connectivity index (χ0v) is 9.15. The highest BCUT2D eigenvalue weighted by molar-refractivity contribution is 6.35. The second-order valence-corrected chi connectivity index (χ2v) is 3.99. The SMILES string of the molecule is [CH2]C(O)(CC=C)c1ccc(Cl)cc1Cl. The van der Waals surface area contributed by atoms with Crippen LogP contribution in [-0.4, -0.2) is 5.11 Å². The zero-order chi connectivity index (χ0) is 10.8. The molecule has 1 unspecified atom stereocenters. The zero-order valence-electron chi connectivity index (χ0n) is 7.63. The Balaban J connectivity index is 3.12. The molecule has 0 saturated heterocycles. The maximum Gasteiger partial charge on any atom is 0.0946 e. The Labute approximate surface area is 94.0 Å². The van der Waals surface area contributed by atoms with E-state index in [0.717, 1.165) is 0 Å². The lowest BCUT2D eigenvalue weighted by Crippen LogP contribution is -2.20. The van der Waals surface area contributed by atoms with Crippen LogP contribution in [0.25, 0.3) is 0 Å². The van der Waals surface area contributed by atoms with Crippen molar-refractivity contribution in [1.29, 1.82) is 0 Å². The molecule has 1 atom stereocenters. The van der Waals surface area contributed by atoms with Gasteiger partial charge >= 0.3 is 0 Å². The fraction of sp³-hybridized carbons (Fsp3) is 0.182. The molecule has 0 aliphatic carbocycles. The molecule has 0 bridgehead atoms. The van der Waals surface area contributed by atoms with Gasteiger partial charge in [-0.15, -0.1) is 6.58 Å². The van der Waals surface area contributed by atoms with Gasteiger partial charge in [-0.3, -0.25) is 0 Å². The van der Waals surface area contributed by atoms with Gasteiger partial charge in [0.1, 0.15) is 0 Å². The first-order valence-corrected chi connectivity index (χ1v) is 4.87. The summed E-state index contributed by atoms with van der Waals surface area (Å²) >= 11 is 11.7. The smallest absolute Gasteiger partial charge is 0.0946 e. The molecule has 0 aromatic heterocycles. The van der Waals surface area contributed by atoms with Crippen LogP contribution in [0.3, 0.4) is 0 Å². The maximum atomic E-state index is 9.95. The molecule has 0 spiro atoms. The minimum absolute atomic E-state index is 0.342. The number of rotatable bonds is 3. The van der Waals surface area contributed by atoms with E-state index in [2.05, 4.69) is 13.5 Å². The van der Waals surface area contributed by atoms with Gasteiger partial charge in [0.15, 0.2) is 0 Å². The van der Waals surface area contributed by atoms with E-state index in [-0.39, 0.29) is 0 Å². The second-order valence-electron chi connectivity index (χ2n) is 3.15. The molecule has 0 fully saturated rings. The fourth-order valence-corrected chi connectivity index (χ4v) is 1.80. The van der Waals surface area contributed by atoms with Crippen molar-refractivity contribution in [3.05, 3.63) is 53.4 Å². The first-order valence-electron chi connectivity index (χ1n) is 4.11. The summed E-state index contributed by atoms with van der Waals surface area (Å²) in [5.41, 5.74) is -0.674. The van der Waals surface area contributed by atoms with Crippen molar-refractivity contribution >= 4 is 23.2 Å². The highest BCUT2D eigenvalue weighted by atomic mass is 35.5. The summed E-state index contributed by atoms with van der Waals surface area (Å²) in [5.74, 6) is 0. The first kappa shape index (κ1) is 11.6. The van der Waals surface area contributed by atoms with Crippen molar-refractivity contribution in [1.82, 2.24) is 0 Å². The highest BCUT2D eigenvalue weighted by Gasteiger charge is 2.24. The summed E-state index contributed by atoms with van der Waals surface area (Å²) in [5, 5.41) is 10.9. The molecule has 0 saturated carbocycles. The molecule has 1 aromatic rings. The van der Waals surface area contributed by atoms with Crippen LogP contribution in [0.15, 0.2) is 30.9 Å². The number of aliphatic hydroxyl groups is 1. The molecule has 1 aromatic carbocycles. The Morgan fingerprint density at radius 3 is 2.57 bits per heavy atom. The first-order chi connectivity index (χ1) is 6.47. The third-order valence-electron chi connectivity index (χ3n) is 1.91. The van der Waals surface area contributed by atoms with Gasteiger partial charge in [-0.25, -0.2) is 0 Å². The summed E-state index contributed by atoms with van der Waals surface area (Å²) in [6, 6.07) is 4.92. The lowest BCUT2D eigenvalue weighted by molar-refractivity contribution is 0.0899. The van der Waals surface area contributed by atoms with Gasteiger partial charge in [0, 0.05) is 15.6 Å². The Hall–Kier alpha value is -0.500. The van der Waals surface area contributed by atoms with Crippen LogP contribution in [-0.2, 0) is 5.60 Å². The van der Waals surface area contributed by atoms with E-state index < -0.39 is 5.60 Å². The molecule has 3 heteroatoms. The normalized spacial score (nSPS) is 14.9. The van der Waals surface area contributed by atoms with Crippen LogP contribution in [0.1, 0.15) is 12.0 Å². The minimum atomic E-state index is -1.23. The molecule has 0 aliphatic heterocycles. The molecule has 1 N–H and O–H groups in total. The van der Waals surface area contributed by atoms with Gasteiger partial charge in [0.25, 0.3) is 0 Å². The monoisotopic (exact) mass is 229 g/mol. The summed E-state index contributed by atoms with van der Waals surface area (Å²) < 4.78 is 0. The predicted molar refractivity (Wildman–Crippen MR) is 60.5 cm³/mol. The Morgan fingerprint density at radius 1 is 1.43 bits per heavy atom. The molecule has 1 radical (unpaired) electrons. The van der Waals surface area contributed by atoms with Crippen LogP contribution in [0.2, 0.25) is 10.0 Å². The van der Waals surface area contributed by atoms with Gasteiger partial charge in [-0.05, 0) is 25.5 Å². The Bertz CT molecular complexity index is 345.